The van der Waals surface area contributed by atoms with Crippen molar-refractivity contribution in [1.82, 2.24) is 0 Å². The summed E-state index contributed by atoms with van der Waals surface area (Å²) in [7, 11) is 0. The Kier molecular flexibility index (Phi) is 11.4. The summed E-state index contributed by atoms with van der Waals surface area (Å²) in [6, 6.07) is 0. The van der Waals surface area contributed by atoms with Gasteiger partial charge in [-0.3, -0.25) is 0 Å². The van der Waals surface area contributed by atoms with E-state index >= 15 is 0 Å². The average Bonchev–Trinajstić information content (AvgIpc) is 2.18. The van der Waals surface area contributed by atoms with Gasteiger partial charge in [-0.15, -0.1) is 0 Å². The molecule has 0 rings (SSSR count). The molecule has 0 amide bonds. The molecule has 2 unspecified atom stereocenters. The van der Waals surface area contributed by atoms with Crippen molar-refractivity contribution in [3.8, 4) is 0 Å². The SMILES string of the molecule is CCCC(C)C[CH2][Al+][CH2]CC(C)CCC. The van der Waals surface area contributed by atoms with Crippen molar-refractivity contribution < 1.29 is 0 Å². The van der Waals surface area contributed by atoms with Crippen LogP contribution in [0.5, 0.6) is 0 Å². The molecule has 0 N–H and O–H groups in total. The van der Waals surface area contributed by atoms with Crippen LogP contribution in [-0.2, 0) is 0 Å². The molecular weight excluding hydrogens is 195 g/mol. The predicted octanol–water partition coefficient (Wildman–Crippen LogP) is 5.18. The van der Waals surface area contributed by atoms with E-state index < -0.39 is 0 Å². The van der Waals surface area contributed by atoms with Crippen molar-refractivity contribution in [3.63, 3.8) is 0 Å². The van der Waals surface area contributed by atoms with E-state index in [4.69, 9.17) is 0 Å². The van der Waals surface area contributed by atoms with Gasteiger partial charge >= 0.3 is 104 Å². The van der Waals surface area contributed by atoms with Crippen molar-refractivity contribution in [2.45, 2.75) is 76.8 Å². The van der Waals surface area contributed by atoms with Crippen molar-refractivity contribution in [3.05, 3.63) is 0 Å². The van der Waals surface area contributed by atoms with E-state index in [1.54, 1.807) is 10.6 Å². The average molecular weight is 225 g/mol. The first-order chi connectivity index (χ1) is 7.20. The Morgan fingerprint density at radius 2 is 1.13 bits per heavy atom. The Labute approximate surface area is 104 Å². The van der Waals surface area contributed by atoms with Gasteiger partial charge in [-0.05, 0) is 0 Å². The van der Waals surface area contributed by atoms with Gasteiger partial charge in [-0.2, -0.15) is 0 Å². The van der Waals surface area contributed by atoms with E-state index in [1.165, 1.54) is 38.5 Å². The van der Waals surface area contributed by atoms with Crippen LogP contribution in [0.2, 0.25) is 10.6 Å². The minimum atomic E-state index is 0.759. The summed E-state index contributed by atoms with van der Waals surface area (Å²) >= 11 is 0.759. The fourth-order valence-electron chi connectivity index (χ4n) is 2.22. The Morgan fingerprint density at radius 1 is 0.733 bits per heavy atom. The van der Waals surface area contributed by atoms with Gasteiger partial charge in [0.15, 0.2) is 0 Å². The molecule has 0 aliphatic carbocycles. The van der Waals surface area contributed by atoms with Gasteiger partial charge in [0.05, 0.1) is 0 Å². The number of hydrogen-bond acceptors (Lipinski definition) is 0. The van der Waals surface area contributed by atoms with E-state index in [9.17, 15) is 0 Å². The maximum absolute atomic E-state index is 2.42. The molecule has 2 atom stereocenters. The molecule has 0 aliphatic rings. The van der Waals surface area contributed by atoms with Gasteiger partial charge in [0.2, 0.25) is 0 Å². The number of hydrogen-bond donors (Lipinski definition) is 0. The van der Waals surface area contributed by atoms with Gasteiger partial charge in [-0.1, -0.05) is 0 Å². The molecule has 0 saturated carbocycles. The molecule has 0 radical (unpaired) electrons. The maximum atomic E-state index is 2.42. The summed E-state index contributed by atoms with van der Waals surface area (Å²) in [5, 5.41) is 3.08. The van der Waals surface area contributed by atoms with E-state index in [2.05, 4.69) is 27.7 Å². The number of rotatable bonds is 10. The van der Waals surface area contributed by atoms with Crippen molar-refractivity contribution in [1.29, 1.82) is 0 Å². The predicted molar refractivity (Wildman–Crippen MR) is 72.7 cm³/mol. The van der Waals surface area contributed by atoms with Gasteiger partial charge in [0.25, 0.3) is 0 Å². The second-order valence-corrected chi connectivity index (χ2v) is 6.96. The zero-order valence-electron chi connectivity index (χ0n) is 11.4. The molecule has 0 heterocycles. The first-order valence-corrected chi connectivity index (χ1v) is 8.65. The standard InChI is InChI=1S/2C7H15.Al/c2*1-4-6-7(3)5-2;/h2*7H,2,4-6H2,1,3H3;/q;;+1. The van der Waals surface area contributed by atoms with Crippen LogP contribution in [0, 0.1) is 11.8 Å². The Morgan fingerprint density at radius 3 is 1.47 bits per heavy atom. The molecule has 0 spiro atoms. The van der Waals surface area contributed by atoms with Crippen LogP contribution in [0.15, 0.2) is 0 Å². The zero-order chi connectivity index (χ0) is 11.5. The van der Waals surface area contributed by atoms with Crippen molar-refractivity contribution >= 4 is 15.2 Å². The molecule has 0 fully saturated rings. The summed E-state index contributed by atoms with van der Waals surface area (Å²) in [5.41, 5.74) is 0. The summed E-state index contributed by atoms with van der Waals surface area (Å²) < 4.78 is 0. The molecule has 88 valence electrons. The quantitative estimate of drug-likeness (QED) is 0.355. The second-order valence-electron chi connectivity index (χ2n) is 5.23. The van der Waals surface area contributed by atoms with Crippen molar-refractivity contribution in [2.75, 3.05) is 0 Å². The van der Waals surface area contributed by atoms with E-state index in [0.717, 1.165) is 27.1 Å². The summed E-state index contributed by atoms with van der Waals surface area (Å²) in [6.45, 7) is 9.44. The van der Waals surface area contributed by atoms with Crippen LogP contribution >= 0.6 is 0 Å². The fourth-order valence-corrected chi connectivity index (χ4v) is 4.12. The van der Waals surface area contributed by atoms with Crippen LogP contribution < -0.4 is 0 Å². The zero-order valence-corrected chi connectivity index (χ0v) is 12.5. The summed E-state index contributed by atoms with van der Waals surface area (Å²) in [5.74, 6) is 1.96. The topological polar surface area (TPSA) is 0 Å². The third kappa shape index (κ3) is 10.8. The monoisotopic (exact) mass is 225 g/mol. The fraction of sp³-hybridized carbons (Fsp3) is 1.00. The van der Waals surface area contributed by atoms with Crippen LogP contribution in [0.25, 0.3) is 0 Å². The van der Waals surface area contributed by atoms with Gasteiger partial charge in [0.1, 0.15) is 0 Å². The molecule has 0 aromatic heterocycles. The molecule has 1 heteroatoms. The van der Waals surface area contributed by atoms with Crippen LogP contribution in [0.4, 0.5) is 0 Å². The molecular formula is C14H30Al+. The first kappa shape index (κ1) is 15.5. The molecule has 0 aliphatic heterocycles. The second kappa shape index (κ2) is 11.0. The third-order valence-corrected chi connectivity index (χ3v) is 4.77. The van der Waals surface area contributed by atoms with Crippen LogP contribution in [-0.4, -0.2) is 15.2 Å². The van der Waals surface area contributed by atoms with E-state index in [-0.39, 0.29) is 0 Å². The Hall–Kier alpha value is 0.532. The van der Waals surface area contributed by atoms with Crippen LogP contribution in [0.3, 0.4) is 0 Å². The van der Waals surface area contributed by atoms with Gasteiger partial charge < -0.3 is 0 Å². The van der Waals surface area contributed by atoms with E-state index in [1.807, 2.05) is 0 Å². The van der Waals surface area contributed by atoms with Crippen LogP contribution in [0.1, 0.15) is 66.2 Å². The molecule has 0 aromatic rings. The molecule has 0 saturated heterocycles. The molecule has 0 bridgehead atoms. The Bertz CT molecular complexity index is 109. The van der Waals surface area contributed by atoms with E-state index in [0.29, 0.717) is 0 Å². The Balaban J connectivity index is 3.17. The first-order valence-electron chi connectivity index (χ1n) is 7.02. The third-order valence-electron chi connectivity index (χ3n) is 3.29. The van der Waals surface area contributed by atoms with Crippen molar-refractivity contribution in [2.24, 2.45) is 11.8 Å². The minimum absolute atomic E-state index is 0.759. The molecule has 0 aromatic carbocycles. The van der Waals surface area contributed by atoms with Gasteiger partial charge in [-0.25, -0.2) is 0 Å². The van der Waals surface area contributed by atoms with Gasteiger partial charge in [0, 0.05) is 0 Å². The normalized spacial score (nSPS) is 14.7. The summed E-state index contributed by atoms with van der Waals surface area (Å²) in [4.78, 5) is 0. The molecule has 15 heavy (non-hydrogen) atoms. The summed E-state index contributed by atoms with van der Waals surface area (Å²) in [6.07, 6.45) is 8.59. The molecule has 0 nitrogen and oxygen atoms in total.